The minimum atomic E-state index is -4.36. The number of rotatable bonds is 4. The van der Waals surface area contributed by atoms with Crippen LogP contribution in [0.2, 0.25) is 0 Å². The molecule has 0 amide bonds. The Morgan fingerprint density at radius 1 is 1.29 bits per heavy atom. The maximum Gasteiger partial charge on any atom is 0.416 e. The highest BCUT2D eigenvalue weighted by Crippen LogP contribution is 2.31. The zero-order valence-corrected chi connectivity index (χ0v) is 9.83. The number of hydrogen-bond acceptors (Lipinski definition) is 2. The van der Waals surface area contributed by atoms with Crippen LogP contribution in [0.1, 0.15) is 23.7 Å². The molecule has 96 valence electrons. The summed E-state index contributed by atoms with van der Waals surface area (Å²) >= 11 is 0. The van der Waals surface area contributed by atoms with Crippen LogP contribution < -0.4 is 0 Å². The number of aliphatic hydroxyl groups is 1. The molecule has 1 rings (SSSR count). The number of hydrogen-bond donors (Lipinski definition) is 1. The van der Waals surface area contributed by atoms with E-state index in [-0.39, 0.29) is 0 Å². The highest BCUT2D eigenvalue weighted by atomic mass is 19.4. The Morgan fingerprint density at radius 2 is 1.94 bits per heavy atom. The average molecular weight is 247 g/mol. The zero-order valence-electron chi connectivity index (χ0n) is 9.83. The van der Waals surface area contributed by atoms with Gasteiger partial charge >= 0.3 is 6.18 Å². The molecule has 0 saturated carbocycles. The largest absolute Gasteiger partial charge is 0.416 e. The Labute approximate surface area is 98.7 Å². The van der Waals surface area contributed by atoms with Crippen molar-refractivity contribution in [3.8, 4) is 0 Å². The fourth-order valence-electron chi connectivity index (χ4n) is 1.47. The van der Waals surface area contributed by atoms with E-state index in [0.29, 0.717) is 18.5 Å². The average Bonchev–Trinajstić information content (AvgIpc) is 2.25. The molecule has 1 aromatic rings. The molecule has 0 spiro atoms. The van der Waals surface area contributed by atoms with E-state index >= 15 is 0 Å². The van der Waals surface area contributed by atoms with Crippen LogP contribution in [-0.4, -0.2) is 30.6 Å². The maximum atomic E-state index is 12.5. The van der Waals surface area contributed by atoms with Crippen LogP contribution >= 0.6 is 0 Å². The molecule has 0 saturated heterocycles. The third-order valence-corrected chi connectivity index (χ3v) is 2.45. The predicted molar refractivity (Wildman–Crippen MR) is 59.6 cm³/mol. The van der Waals surface area contributed by atoms with E-state index in [1.807, 2.05) is 19.0 Å². The molecule has 1 N–H and O–H groups in total. The van der Waals surface area contributed by atoms with Crippen molar-refractivity contribution in [2.45, 2.75) is 18.7 Å². The SMILES string of the molecule is CN(C)CCC(O)c1cccc(C(F)(F)F)c1. The lowest BCUT2D eigenvalue weighted by Gasteiger charge is -2.16. The maximum absolute atomic E-state index is 12.5. The summed E-state index contributed by atoms with van der Waals surface area (Å²) < 4.78 is 37.4. The summed E-state index contributed by atoms with van der Waals surface area (Å²) in [7, 11) is 3.69. The summed E-state index contributed by atoms with van der Waals surface area (Å²) in [5.74, 6) is 0. The number of nitrogens with zero attached hydrogens (tertiary/aromatic N) is 1. The lowest BCUT2D eigenvalue weighted by molar-refractivity contribution is -0.137. The summed E-state index contributed by atoms with van der Waals surface area (Å²) in [5, 5.41) is 9.77. The Balaban J connectivity index is 2.77. The molecule has 0 aromatic heterocycles. The predicted octanol–water partition coefficient (Wildman–Crippen LogP) is 2.69. The lowest BCUT2D eigenvalue weighted by atomic mass is 10.0. The highest BCUT2D eigenvalue weighted by molar-refractivity contribution is 5.27. The van der Waals surface area contributed by atoms with Crippen LogP contribution in [0.15, 0.2) is 24.3 Å². The molecule has 1 atom stereocenters. The normalized spacial score (nSPS) is 14.1. The molecular weight excluding hydrogens is 231 g/mol. The second-order valence-electron chi connectivity index (χ2n) is 4.23. The van der Waals surface area contributed by atoms with E-state index in [2.05, 4.69) is 0 Å². The van der Waals surface area contributed by atoms with Crippen LogP contribution in [0, 0.1) is 0 Å². The van der Waals surface area contributed by atoms with E-state index in [4.69, 9.17) is 0 Å². The number of benzene rings is 1. The summed E-state index contributed by atoms with van der Waals surface area (Å²) in [6.07, 6.45) is -4.81. The minimum Gasteiger partial charge on any atom is -0.388 e. The Morgan fingerprint density at radius 3 is 2.47 bits per heavy atom. The van der Waals surface area contributed by atoms with Crippen LogP contribution in [0.3, 0.4) is 0 Å². The van der Waals surface area contributed by atoms with Gasteiger partial charge in [0, 0.05) is 6.54 Å². The zero-order chi connectivity index (χ0) is 13.1. The third-order valence-electron chi connectivity index (χ3n) is 2.45. The quantitative estimate of drug-likeness (QED) is 0.884. The minimum absolute atomic E-state index is 0.307. The van der Waals surface area contributed by atoms with Crippen molar-refractivity contribution in [3.05, 3.63) is 35.4 Å². The van der Waals surface area contributed by atoms with Crippen molar-refractivity contribution in [2.75, 3.05) is 20.6 Å². The Bertz CT molecular complexity index is 363. The van der Waals surface area contributed by atoms with Crippen LogP contribution in [0.4, 0.5) is 13.2 Å². The first-order valence-corrected chi connectivity index (χ1v) is 5.30. The van der Waals surface area contributed by atoms with Gasteiger partial charge in [-0.1, -0.05) is 12.1 Å². The van der Waals surface area contributed by atoms with E-state index in [9.17, 15) is 18.3 Å². The molecule has 17 heavy (non-hydrogen) atoms. The molecule has 1 unspecified atom stereocenters. The molecule has 0 aliphatic heterocycles. The van der Waals surface area contributed by atoms with E-state index in [0.717, 1.165) is 12.1 Å². The van der Waals surface area contributed by atoms with Gasteiger partial charge in [0.1, 0.15) is 0 Å². The van der Waals surface area contributed by atoms with Crippen molar-refractivity contribution in [2.24, 2.45) is 0 Å². The highest BCUT2D eigenvalue weighted by Gasteiger charge is 2.30. The monoisotopic (exact) mass is 247 g/mol. The molecule has 0 heterocycles. The van der Waals surface area contributed by atoms with Gasteiger partial charge in [-0.3, -0.25) is 0 Å². The van der Waals surface area contributed by atoms with Gasteiger partial charge in [-0.25, -0.2) is 0 Å². The first kappa shape index (κ1) is 14.0. The summed E-state index contributed by atoms with van der Waals surface area (Å²) in [6, 6.07) is 4.83. The van der Waals surface area contributed by atoms with Gasteiger partial charge in [0.2, 0.25) is 0 Å². The van der Waals surface area contributed by atoms with E-state index in [1.54, 1.807) is 0 Å². The van der Waals surface area contributed by atoms with Gasteiger partial charge in [0.15, 0.2) is 0 Å². The smallest absolute Gasteiger partial charge is 0.388 e. The topological polar surface area (TPSA) is 23.5 Å². The summed E-state index contributed by atoms with van der Waals surface area (Å²) in [4.78, 5) is 1.87. The fourth-order valence-corrected chi connectivity index (χ4v) is 1.47. The molecule has 0 aliphatic rings. The molecule has 0 radical (unpaired) electrons. The molecular formula is C12H16F3NO. The second-order valence-corrected chi connectivity index (χ2v) is 4.23. The van der Waals surface area contributed by atoms with Gasteiger partial charge in [-0.2, -0.15) is 13.2 Å². The molecule has 5 heteroatoms. The number of alkyl halides is 3. The van der Waals surface area contributed by atoms with Crippen LogP contribution in [-0.2, 0) is 6.18 Å². The summed E-state index contributed by atoms with van der Waals surface area (Å²) in [5.41, 5.74) is -0.416. The molecule has 2 nitrogen and oxygen atoms in total. The second kappa shape index (κ2) is 5.51. The molecule has 0 aliphatic carbocycles. The van der Waals surface area contributed by atoms with Crippen molar-refractivity contribution in [3.63, 3.8) is 0 Å². The molecule has 0 bridgehead atoms. The molecule has 1 aromatic carbocycles. The number of halogens is 3. The first-order valence-electron chi connectivity index (χ1n) is 5.30. The lowest BCUT2D eigenvalue weighted by Crippen LogP contribution is -2.16. The van der Waals surface area contributed by atoms with Crippen molar-refractivity contribution in [1.29, 1.82) is 0 Å². The first-order chi connectivity index (χ1) is 7.80. The fraction of sp³-hybridized carbons (Fsp3) is 0.500. The van der Waals surface area contributed by atoms with Gasteiger partial charge < -0.3 is 10.0 Å². The molecule has 0 fully saturated rings. The number of aliphatic hydroxyl groups excluding tert-OH is 1. The van der Waals surface area contributed by atoms with E-state index in [1.165, 1.54) is 12.1 Å². The van der Waals surface area contributed by atoms with Crippen molar-refractivity contribution in [1.82, 2.24) is 4.90 Å². The van der Waals surface area contributed by atoms with Gasteiger partial charge in [0.25, 0.3) is 0 Å². The van der Waals surface area contributed by atoms with Gasteiger partial charge in [-0.15, -0.1) is 0 Å². The Hall–Kier alpha value is -1.07. The van der Waals surface area contributed by atoms with Crippen molar-refractivity contribution < 1.29 is 18.3 Å². The van der Waals surface area contributed by atoms with Crippen molar-refractivity contribution >= 4 is 0 Å². The standard InChI is InChI=1S/C12H16F3NO/c1-16(2)7-6-11(17)9-4-3-5-10(8-9)12(13,14)15/h3-5,8,11,17H,6-7H2,1-2H3. The Kier molecular flexibility index (Phi) is 4.54. The van der Waals surface area contributed by atoms with E-state index < -0.39 is 17.8 Å². The van der Waals surface area contributed by atoms with Gasteiger partial charge in [0.05, 0.1) is 11.7 Å². The summed E-state index contributed by atoms with van der Waals surface area (Å²) in [6.45, 7) is 0.622. The van der Waals surface area contributed by atoms with Crippen LogP contribution in [0.25, 0.3) is 0 Å². The van der Waals surface area contributed by atoms with Crippen LogP contribution in [0.5, 0.6) is 0 Å². The van der Waals surface area contributed by atoms with Gasteiger partial charge in [-0.05, 0) is 38.2 Å². The third kappa shape index (κ3) is 4.36.